The number of nitrogens with one attached hydrogen (secondary N) is 1. The first-order valence-electron chi connectivity index (χ1n) is 12.6. The number of carboxylic acids is 2. The summed E-state index contributed by atoms with van der Waals surface area (Å²) in [6, 6.07) is 2.62. The minimum atomic E-state index is -2.27. The van der Waals surface area contributed by atoms with Gasteiger partial charge in [-0.25, -0.2) is 9.59 Å². The Morgan fingerprint density at radius 1 is 1.13 bits per heavy atom. The molecule has 1 aromatic rings. The average Bonchev–Trinajstić information content (AvgIpc) is 2.89. The number of nitro groups is 1. The number of carbonyl (C=O) groups excluding carboxylic acids is 1. The highest BCUT2D eigenvalue weighted by Gasteiger charge is 2.29. The number of nitro benzene ring substituents is 1. The Kier molecular flexibility index (Phi) is 12.1. The van der Waals surface area contributed by atoms with Crippen molar-refractivity contribution in [2.45, 2.75) is 57.3 Å². The normalized spacial score (nSPS) is 19.2. The van der Waals surface area contributed by atoms with Gasteiger partial charge in [0.25, 0.3) is 11.6 Å². The number of nitrogens with zero attached hydrogens (tertiary/aromatic N) is 2. The quantitative estimate of drug-likeness (QED) is 0.103. The van der Waals surface area contributed by atoms with Crippen LogP contribution in [0, 0.1) is 16.0 Å². The van der Waals surface area contributed by atoms with Crippen molar-refractivity contribution in [3.63, 3.8) is 0 Å². The summed E-state index contributed by atoms with van der Waals surface area (Å²) in [4.78, 5) is 45.5. The van der Waals surface area contributed by atoms with E-state index in [1.807, 2.05) is 0 Å². The Hall–Kier alpha value is -3.75. The van der Waals surface area contributed by atoms with Crippen molar-refractivity contribution in [2.24, 2.45) is 5.92 Å². The standard InChI is InChI=1S/C21H30N4O4.C4H6O6/c1-2-29-20-13-18(22)19(25(27)28)12-17(20)21(26)23-16-8-10-24(11-9-16)14-15-6-4-3-5-7-15;5-1(3(7)8)2(6)4(9)10/h3-4,12-13,15-16H,2,5-11,14,22H2,1H3,(H,23,26);1-2,5-6H,(H,7,8)(H,9,10). The molecule has 1 aromatic carbocycles. The molecule has 3 atom stereocenters. The summed E-state index contributed by atoms with van der Waals surface area (Å²) in [6.45, 7) is 5.14. The Bertz CT molecular complexity index is 1040. The second-order valence-corrected chi connectivity index (χ2v) is 9.36. The summed E-state index contributed by atoms with van der Waals surface area (Å²) >= 11 is 0. The predicted molar refractivity (Wildman–Crippen MR) is 139 cm³/mol. The Morgan fingerprint density at radius 2 is 1.74 bits per heavy atom. The molecule has 1 amide bonds. The number of benzene rings is 1. The van der Waals surface area contributed by atoms with E-state index in [2.05, 4.69) is 22.4 Å². The summed E-state index contributed by atoms with van der Waals surface area (Å²) in [6.07, 6.45) is 5.34. The minimum Gasteiger partial charge on any atom is -0.493 e. The summed E-state index contributed by atoms with van der Waals surface area (Å²) in [7, 11) is 0. The molecule has 0 spiro atoms. The van der Waals surface area contributed by atoms with Gasteiger partial charge in [0, 0.05) is 37.8 Å². The molecule has 7 N–H and O–H groups in total. The van der Waals surface area contributed by atoms with Gasteiger partial charge in [-0.05, 0) is 44.9 Å². The minimum absolute atomic E-state index is 0.0131. The monoisotopic (exact) mass is 552 g/mol. The predicted octanol–water partition coefficient (Wildman–Crippen LogP) is 1.00. The number of hydrogen-bond acceptors (Lipinski definition) is 10. The van der Waals surface area contributed by atoms with Crippen molar-refractivity contribution < 1.29 is 44.5 Å². The lowest BCUT2D eigenvalue weighted by Crippen LogP contribution is -2.45. The van der Waals surface area contributed by atoms with Crippen LogP contribution in [0.1, 0.15) is 49.4 Å². The SMILES string of the molecule is CCOc1cc(N)c([N+](=O)[O-])cc1C(=O)NC1CCN(CC2CC=CCC2)CC1.O=C(O)C(O)C(O)C(=O)O. The first kappa shape index (κ1) is 31.5. The van der Waals surface area contributed by atoms with Gasteiger partial charge in [0.2, 0.25) is 0 Å². The number of aliphatic carboxylic acids is 2. The average molecular weight is 553 g/mol. The van der Waals surface area contributed by atoms with Crippen LogP contribution in [0.2, 0.25) is 0 Å². The van der Waals surface area contributed by atoms with E-state index in [-0.39, 0.29) is 34.6 Å². The lowest BCUT2D eigenvalue weighted by molar-refractivity contribution is -0.383. The maximum absolute atomic E-state index is 12.8. The molecule has 0 saturated carbocycles. The number of carbonyl (C=O) groups is 3. The molecule has 216 valence electrons. The van der Waals surface area contributed by atoms with E-state index in [4.69, 9.17) is 30.9 Å². The van der Waals surface area contributed by atoms with Crippen LogP contribution < -0.4 is 15.8 Å². The van der Waals surface area contributed by atoms with E-state index in [9.17, 15) is 24.5 Å². The van der Waals surface area contributed by atoms with E-state index in [0.29, 0.717) is 6.61 Å². The maximum atomic E-state index is 12.8. The molecule has 2 aliphatic rings. The summed E-state index contributed by atoms with van der Waals surface area (Å²) < 4.78 is 5.49. The van der Waals surface area contributed by atoms with Crippen LogP contribution in [0.4, 0.5) is 11.4 Å². The van der Waals surface area contributed by atoms with Gasteiger partial charge in [0.15, 0.2) is 12.2 Å². The zero-order chi connectivity index (χ0) is 29.1. The number of carboxylic acid groups (broad SMARTS) is 2. The first-order chi connectivity index (χ1) is 18.4. The molecule has 39 heavy (non-hydrogen) atoms. The van der Waals surface area contributed by atoms with Gasteiger partial charge in [-0.1, -0.05) is 12.2 Å². The number of allylic oxidation sites excluding steroid dienone is 2. The van der Waals surface area contributed by atoms with Crippen LogP contribution in [0.15, 0.2) is 24.3 Å². The van der Waals surface area contributed by atoms with Gasteiger partial charge >= 0.3 is 11.9 Å². The second-order valence-electron chi connectivity index (χ2n) is 9.36. The van der Waals surface area contributed by atoms with Crippen LogP contribution in [0.3, 0.4) is 0 Å². The number of aliphatic hydroxyl groups excluding tert-OH is 2. The van der Waals surface area contributed by atoms with Gasteiger partial charge in [-0.15, -0.1) is 0 Å². The van der Waals surface area contributed by atoms with Crippen LogP contribution in [0.25, 0.3) is 0 Å². The van der Waals surface area contributed by atoms with E-state index in [0.717, 1.165) is 44.8 Å². The highest BCUT2D eigenvalue weighted by atomic mass is 16.6. The van der Waals surface area contributed by atoms with Gasteiger partial charge < -0.3 is 41.1 Å². The number of nitrogens with two attached hydrogens (primary N) is 1. The zero-order valence-corrected chi connectivity index (χ0v) is 21.7. The Labute approximate surface area is 225 Å². The number of likely N-dealkylation sites (tertiary alicyclic amines) is 1. The highest BCUT2D eigenvalue weighted by molar-refractivity contribution is 5.98. The number of ether oxygens (including phenoxy) is 1. The van der Waals surface area contributed by atoms with E-state index in [1.165, 1.54) is 25.0 Å². The van der Waals surface area contributed by atoms with Crippen LogP contribution in [-0.4, -0.2) is 92.6 Å². The van der Waals surface area contributed by atoms with Crippen LogP contribution in [0.5, 0.6) is 5.75 Å². The molecule has 3 unspecified atom stereocenters. The van der Waals surface area contributed by atoms with Crippen molar-refractivity contribution in [1.82, 2.24) is 10.2 Å². The number of nitrogen functional groups attached to an aromatic ring is 1. The van der Waals surface area contributed by atoms with Crippen molar-refractivity contribution >= 4 is 29.2 Å². The molecule has 1 saturated heterocycles. The fourth-order valence-electron chi connectivity index (χ4n) is 4.37. The largest absolute Gasteiger partial charge is 0.493 e. The molecule has 1 fully saturated rings. The maximum Gasteiger partial charge on any atom is 0.335 e. The molecule has 14 nitrogen and oxygen atoms in total. The number of aliphatic hydroxyl groups is 2. The van der Waals surface area contributed by atoms with Crippen molar-refractivity contribution in [1.29, 1.82) is 0 Å². The Balaban J connectivity index is 0.000000455. The molecule has 0 radical (unpaired) electrons. The molecule has 3 rings (SSSR count). The Morgan fingerprint density at radius 3 is 2.23 bits per heavy atom. The van der Waals surface area contributed by atoms with Gasteiger partial charge in [0.05, 0.1) is 17.1 Å². The third-order valence-corrected chi connectivity index (χ3v) is 6.49. The summed E-state index contributed by atoms with van der Waals surface area (Å²) in [5, 5.41) is 46.7. The molecular weight excluding hydrogens is 516 g/mol. The van der Waals surface area contributed by atoms with Gasteiger partial charge in [-0.3, -0.25) is 14.9 Å². The number of piperidine rings is 1. The third-order valence-electron chi connectivity index (χ3n) is 6.49. The number of rotatable bonds is 10. The third kappa shape index (κ3) is 9.50. The van der Waals surface area contributed by atoms with Crippen molar-refractivity contribution in [2.75, 3.05) is 32.0 Å². The van der Waals surface area contributed by atoms with Gasteiger partial charge in [0.1, 0.15) is 11.4 Å². The lowest BCUT2D eigenvalue weighted by Gasteiger charge is -2.35. The van der Waals surface area contributed by atoms with Crippen LogP contribution in [-0.2, 0) is 9.59 Å². The van der Waals surface area contributed by atoms with E-state index >= 15 is 0 Å². The summed E-state index contributed by atoms with van der Waals surface area (Å²) in [5.74, 6) is -2.89. The van der Waals surface area contributed by atoms with E-state index < -0.39 is 29.1 Å². The van der Waals surface area contributed by atoms with E-state index in [1.54, 1.807) is 6.92 Å². The number of hydrogen-bond donors (Lipinski definition) is 6. The molecule has 1 aliphatic carbocycles. The zero-order valence-electron chi connectivity index (χ0n) is 21.7. The molecule has 14 heteroatoms. The van der Waals surface area contributed by atoms with Crippen LogP contribution >= 0.6 is 0 Å². The molecule has 0 aromatic heterocycles. The van der Waals surface area contributed by atoms with Gasteiger partial charge in [-0.2, -0.15) is 0 Å². The summed E-state index contributed by atoms with van der Waals surface area (Å²) in [5.41, 5.74) is 5.60. The molecule has 1 aliphatic heterocycles. The number of anilines is 1. The fraction of sp³-hybridized carbons (Fsp3) is 0.560. The molecular formula is C25H36N4O10. The lowest BCUT2D eigenvalue weighted by atomic mass is 9.93. The smallest absolute Gasteiger partial charge is 0.335 e. The molecule has 1 heterocycles. The number of amides is 1. The highest BCUT2D eigenvalue weighted by Crippen LogP contribution is 2.31. The second kappa shape index (κ2) is 15.0. The fourth-order valence-corrected chi connectivity index (χ4v) is 4.37. The topological polar surface area (TPSA) is 226 Å². The molecule has 0 bridgehead atoms. The van der Waals surface area contributed by atoms with Crippen molar-refractivity contribution in [3.05, 3.63) is 40.0 Å². The first-order valence-corrected chi connectivity index (χ1v) is 12.6. The van der Waals surface area contributed by atoms with Crippen molar-refractivity contribution in [3.8, 4) is 5.75 Å².